The molecule has 4 rings (SSSR count). The Morgan fingerprint density at radius 1 is 1.25 bits per heavy atom. The van der Waals surface area contributed by atoms with Crippen LogP contribution in [0.25, 0.3) is 5.76 Å². The molecular formula is C20H20N2O5S. The Kier molecular flexibility index (Phi) is 4.82. The Bertz CT molecular complexity index is 952. The van der Waals surface area contributed by atoms with Gasteiger partial charge in [0.25, 0.3) is 11.7 Å². The molecule has 0 bridgehead atoms. The van der Waals surface area contributed by atoms with E-state index in [1.165, 1.54) is 16.2 Å². The van der Waals surface area contributed by atoms with Gasteiger partial charge in [-0.1, -0.05) is 6.07 Å². The summed E-state index contributed by atoms with van der Waals surface area (Å²) in [6.07, 6.45) is 0. The number of ketones is 1. The number of benzene rings is 1. The smallest absolute Gasteiger partial charge is 0.295 e. The number of fused-ring (bicyclic) bond motifs is 1. The molecule has 2 aromatic rings. The van der Waals surface area contributed by atoms with Gasteiger partial charge in [-0.2, -0.15) is 0 Å². The van der Waals surface area contributed by atoms with Crippen LogP contribution in [-0.4, -0.2) is 60.6 Å². The summed E-state index contributed by atoms with van der Waals surface area (Å²) in [6.45, 7) is 1.11. The average molecular weight is 400 g/mol. The van der Waals surface area contributed by atoms with E-state index in [0.29, 0.717) is 30.2 Å². The summed E-state index contributed by atoms with van der Waals surface area (Å²) in [7, 11) is 3.81. The van der Waals surface area contributed by atoms with Crippen molar-refractivity contribution in [1.82, 2.24) is 9.80 Å². The van der Waals surface area contributed by atoms with Crippen LogP contribution >= 0.6 is 11.3 Å². The van der Waals surface area contributed by atoms with Gasteiger partial charge < -0.3 is 24.4 Å². The Hall–Kier alpha value is -2.84. The van der Waals surface area contributed by atoms with Gasteiger partial charge in [-0.05, 0) is 43.7 Å². The molecule has 2 aliphatic rings. The minimum Gasteiger partial charge on any atom is -0.507 e. The lowest BCUT2D eigenvalue weighted by Crippen LogP contribution is -2.35. The highest BCUT2D eigenvalue weighted by atomic mass is 32.1. The molecule has 8 heteroatoms. The van der Waals surface area contributed by atoms with Crippen LogP contribution in [0.15, 0.2) is 41.3 Å². The molecule has 0 radical (unpaired) electrons. The monoisotopic (exact) mass is 400 g/mol. The molecule has 0 saturated carbocycles. The van der Waals surface area contributed by atoms with Crippen LogP contribution in [0.3, 0.4) is 0 Å². The Morgan fingerprint density at radius 3 is 2.75 bits per heavy atom. The largest absolute Gasteiger partial charge is 0.507 e. The van der Waals surface area contributed by atoms with Gasteiger partial charge in [-0.15, -0.1) is 11.3 Å². The molecule has 28 heavy (non-hydrogen) atoms. The number of carbonyl (C=O) groups excluding carboxylic acids is 2. The van der Waals surface area contributed by atoms with Gasteiger partial charge in [0, 0.05) is 23.5 Å². The predicted molar refractivity (Wildman–Crippen MR) is 104 cm³/mol. The maximum atomic E-state index is 12.8. The number of hydrogen-bond acceptors (Lipinski definition) is 7. The molecule has 0 spiro atoms. The van der Waals surface area contributed by atoms with E-state index >= 15 is 0 Å². The summed E-state index contributed by atoms with van der Waals surface area (Å²) in [5.74, 6) is -0.395. The van der Waals surface area contributed by atoms with Crippen molar-refractivity contribution >= 4 is 28.8 Å². The third kappa shape index (κ3) is 3.14. The number of aliphatic hydroxyl groups is 1. The van der Waals surface area contributed by atoms with Gasteiger partial charge in [0.05, 0.1) is 11.6 Å². The average Bonchev–Trinajstić information content (AvgIpc) is 3.40. The molecule has 1 aromatic heterocycles. The molecule has 1 atom stereocenters. The van der Waals surface area contributed by atoms with E-state index < -0.39 is 17.7 Å². The molecule has 1 saturated heterocycles. The molecule has 3 heterocycles. The van der Waals surface area contributed by atoms with Crippen LogP contribution in [0.4, 0.5) is 0 Å². The molecular weight excluding hydrogens is 380 g/mol. The van der Waals surface area contributed by atoms with Crippen LogP contribution in [0, 0.1) is 0 Å². The maximum Gasteiger partial charge on any atom is 0.295 e. The first-order valence-electron chi connectivity index (χ1n) is 8.84. The van der Waals surface area contributed by atoms with Gasteiger partial charge in [0.1, 0.15) is 5.76 Å². The number of likely N-dealkylation sites (tertiary alicyclic amines) is 1. The Labute approximate surface area is 166 Å². The van der Waals surface area contributed by atoms with E-state index in [1.807, 2.05) is 36.5 Å². The number of rotatable bonds is 5. The Balaban J connectivity index is 1.79. The van der Waals surface area contributed by atoms with Crippen LogP contribution in [-0.2, 0) is 9.59 Å². The van der Waals surface area contributed by atoms with E-state index in [1.54, 1.807) is 18.2 Å². The third-order valence-electron chi connectivity index (χ3n) is 4.79. The first kappa shape index (κ1) is 18.5. The molecule has 2 aliphatic heterocycles. The van der Waals surface area contributed by atoms with Crippen molar-refractivity contribution in [2.75, 3.05) is 34.0 Å². The van der Waals surface area contributed by atoms with Gasteiger partial charge in [-0.3, -0.25) is 9.59 Å². The second-order valence-electron chi connectivity index (χ2n) is 6.88. The normalized spacial score (nSPS) is 20.4. The lowest BCUT2D eigenvalue weighted by atomic mass is 9.99. The number of thiophene rings is 1. The fraction of sp³-hybridized carbons (Fsp3) is 0.300. The molecule has 1 amide bonds. The van der Waals surface area contributed by atoms with Crippen molar-refractivity contribution in [3.8, 4) is 11.5 Å². The van der Waals surface area contributed by atoms with E-state index in [4.69, 9.17) is 9.47 Å². The highest BCUT2D eigenvalue weighted by molar-refractivity contribution is 7.10. The van der Waals surface area contributed by atoms with Crippen LogP contribution in [0.5, 0.6) is 11.5 Å². The fourth-order valence-electron chi connectivity index (χ4n) is 3.36. The standard InChI is InChI=1S/C20H20N2O5S/c1-21(2)7-8-22-17(15-4-3-9-28-15)16(19(24)20(22)25)18(23)12-5-6-13-14(10-12)27-11-26-13/h3-6,9-10,17,23H,7-8,11H2,1-2H3/t17-/m1/s1. The van der Waals surface area contributed by atoms with Crippen LogP contribution in [0.2, 0.25) is 0 Å². The first-order valence-corrected chi connectivity index (χ1v) is 9.72. The third-order valence-corrected chi connectivity index (χ3v) is 5.71. The molecule has 0 unspecified atom stereocenters. The number of nitrogens with zero attached hydrogens (tertiary/aromatic N) is 2. The molecule has 0 aliphatic carbocycles. The van der Waals surface area contributed by atoms with Crippen LogP contribution in [0.1, 0.15) is 16.5 Å². The second kappa shape index (κ2) is 7.29. The molecule has 1 fully saturated rings. The number of hydrogen-bond donors (Lipinski definition) is 1. The zero-order valence-electron chi connectivity index (χ0n) is 15.5. The summed E-state index contributed by atoms with van der Waals surface area (Å²) in [5.41, 5.74) is 0.515. The number of amides is 1. The molecule has 7 nitrogen and oxygen atoms in total. The summed E-state index contributed by atoms with van der Waals surface area (Å²) >= 11 is 1.45. The SMILES string of the molecule is CN(C)CCN1C(=O)C(=O)C(=C(O)c2ccc3c(c2)OCO3)[C@H]1c1cccs1. The number of Topliss-reactive ketones (excluding diaryl/α,β-unsaturated/α-hetero) is 1. The first-order chi connectivity index (χ1) is 13.5. The summed E-state index contributed by atoms with van der Waals surface area (Å²) in [6, 6.07) is 8.09. The minimum absolute atomic E-state index is 0.102. The molecule has 146 valence electrons. The minimum atomic E-state index is -0.674. The zero-order valence-corrected chi connectivity index (χ0v) is 16.4. The second-order valence-corrected chi connectivity index (χ2v) is 7.86. The van der Waals surface area contributed by atoms with Gasteiger partial charge in [-0.25, -0.2) is 0 Å². The zero-order chi connectivity index (χ0) is 19.8. The van der Waals surface area contributed by atoms with Crippen molar-refractivity contribution in [3.63, 3.8) is 0 Å². The highest BCUT2D eigenvalue weighted by Gasteiger charge is 2.46. The molecule has 1 N–H and O–H groups in total. The summed E-state index contributed by atoms with van der Waals surface area (Å²) in [4.78, 5) is 29.9. The number of ether oxygens (including phenoxy) is 2. The lowest BCUT2D eigenvalue weighted by molar-refractivity contribution is -0.140. The maximum absolute atomic E-state index is 12.8. The van der Waals surface area contributed by atoms with Gasteiger partial charge in [0.15, 0.2) is 11.5 Å². The quantitative estimate of drug-likeness (QED) is 0.472. The van der Waals surface area contributed by atoms with Crippen molar-refractivity contribution < 1.29 is 24.2 Å². The summed E-state index contributed by atoms with van der Waals surface area (Å²) in [5, 5.41) is 12.9. The van der Waals surface area contributed by atoms with Gasteiger partial charge in [0.2, 0.25) is 6.79 Å². The highest BCUT2D eigenvalue weighted by Crippen LogP contribution is 2.42. The van der Waals surface area contributed by atoms with E-state index in [-0.39, 0.29) is 18.1 Å². The molecule has 1 aromatic carbocycles. The van der Waals surface area contributed by atoms with Crippen molar-refractivity contribution in [2.24, 2.45) is 0 Å². The van der Waals surface area contributed by atoms with E-state index in [9.17, 15) is 14.7 Å². The van der Waals surface area contributed by atoms with Crippen molar-refractivity contribution in [2.45, 2.75) is 6.04 Å². The fourth-order valence-corrected chi connectivity index (χ4v) is 4.21. The predicted octanol–water partition coefficient (Wildman–Crippen LogP) is 2.46. The topological polar surface area (TPSA) is 79.3 Å². The van der Waals surface area contributed by atoms with Crippen LogP contribution < -0.4 is 9.47 Å². The van der Waals surface area contributed by atoms with Crippen molar-refractivity contribution in [3.05, 3.63) is 51.7 Å². The Morgan fingerprint density at radius 2 is 2.04 bits per heavy atom. The lowest BCUT2D eigenvalue weighted by Gasteiger charge is -2.25. The summed E-state index contributed by atoms with van der Waals surface area (Å²) < 4.78 is 10.7. The number of carbonyl (C=O) groups is 2. The van der Waals surface area contributed by atoms with E-state index in [0.717, 1.165) is 4.88 Å². The number of aliphatic hydroxyl groups excluding tert-OH is 1. The van der Waals surface area contributed by atoms with Gasteiger partial charge >= 0.3 is 0 Å². The van der Waals surface area contributed by atoms with E-state index in [2.05, 4.69) is 0 Å². The van der Waals surface area contributed by atoms with Crippen molar-refractivity contribution in [1.29, 1.82) is 0 Å². The number of likely N-dealkylation sites (N-methyl/N-ethyl adjacent to an activating group) is 1.